The number of halogens is 3. The van der Waals surface area contributed by atoms with Crippen molar-refractivity contribution in [1.82, 2.24) is 15.5 Å². The van der Waals surface area contributed by atoms with Crippen LogP contribution in [0.5, 0.6) is 5.75 Å². The lowest BCUT2D eigenvalue weighted by Crippen LogP contribution is -2.55. The summed E-state index contributed by atoms with van der Waals surface area (Å²) in [6.45, 7) is 0.911. The van der Waals surface area contributed by atoms with Gasteiger partial charge in [0.25, 0.3) is 11.8 Å². The highest BCUT2D eigenvalue weighted by atomic mass is 19.2. The average molecular weight is 570 g/mol. The van der Waals surface area contributed by atoms with E-state index in [1.54, 1.807) is 37.3 Å². The first kappa shape index (κ1) is 29.6. The second-order valence-electron chi connectivity index (χ2n) is 9.97. The van der Waals surface area contributed by atoms with Gasteiger partial charge < -0.3 is 25.7 Å². The summed E-state index contributed by atoms with van der Waals surface area (Å²) in [5.74, 6) is -4.55. The number of benzene rings is 3. The number of rotatable bonds is 9. The van der Waals surface area contributed by atoms with Gasteiger partial charge in [0.2, 0.25) is 5.91 Å². The number of carbonyl (C=O) groups is 3. The quantitative estimate of drug-likeness (QED) is 0.316. The first-order chi connectivity index (χ1) is 19.5. The Morgan fingerprint density at radius 1 is 1.00 bits per heavy atom. The number of nitrogens with zero attached hydrogens (tertiary/aromatic N) is 1. The number of carbonyl (C=O) groups excluding carboxylic acids is 3. The Morgan fingerprint density at radius 3 is 2.44 bits per heavy atom. The molecule has 216 valence electrons. The smallest absolute Gasteiger partial charge is 0.254 e. The van der Waals surface area contributed by atoms with E-state index in [1.807, 2.05) is 0 Å². The number of aromatic hydroxyl groups is 1. The Kier molecular flexibility index (Phi) is 9.28. The summed E-state index contributed by atoms with van der Waals surface area (Å²) in [6, 6.07) is 13.9. The Labute approximate surface area is 234 Å². The first-order valence-corrected chi connectivity index (χ1v) is 13.0. The highest BCUT2D eigenvalue weighted by Gasteiger charge is 2.43. The summed E-state index contributed by atoms with van der Waals surface area (Å²) in [7, 11) is 0. The van der Waals surface area contributed by atoms with Crippen molar-refractivity contribution in [1.29, 1.82) is 0 Å². The summed E-state index contributed by atoms with van der Waals surface area (Å²) in [5, 5.41) is 26.4. The van der Waals surface area contributed by atoms with Crippen LogP contribution < -0.4 is 10.6 Å². The van der Waals surface area contributed by atoms with Gasteiger partial charge in [0.1, 0.15) is 18.0 Å². The fourth-order valence-corrected chi connectivity index (χ4v) is 4.80. The molecule has 3 aromatic rings. The summed E-state index contributed by atoms with van der Waals surface area (Å²) in [6.07, 6.45) is -3.66. The van der Waals surface area contributed by atoms with Crippen LogP contribution in [0.4, 0.5) is 13.2 Å². The lowest BCUT2D eigenvalue weighted by Gasteiger charge is -2.30. The number of amides is 3. The first-order valence-electron chi connectivity index (χ1n) is 13.0. The molecule has 0 saturated carbocycles. The van der Waals surface area contributed by atoms with E-state index in [4.69, 9.17) is 0 Å². The SMILES string of the molecule is Cc1c(O)cccc1C(=O)N[C@@H](Cc1ccccc1)[C@H](O)C(=O)N1C[C@H](F)C[C@H]1C(=O)NCc1ccc(F)c(F)c1. The molecule has 0 radical (unpaired) electrons. The Hall–Kier alpha value is -4.38. The van der Waals surface area contributed by atoms with E-state index in [2.05, 4.69) is 10.6 Å². The summed E-state index contributed by atoms with van der Waals surface area (Å²) in [4.78, 5) is 40.5. The van der Waals surface area contributed by atoms with Crippen molar-refractivity contribution in [3.8, 4) is 5.75 Å². The Balaban J connectivity index is 1.52. The largest absolute Gasteiger partial charge is 0.508 e. The topological polar surface area (TPSA) is 119 Å². The fourth-order valence-electron chi connectivity index (χ4n) is 4.80. The molecular weight excluding hydrogens is 539 g/mol. The van der Waals surface area contributed by atoms with Crippen LogP contribution in [0.3, 0.4) is 0 Å². The molecular formula is C30H30F3N3O5. The van der Waals surface area contributed by atoms with Crippen LogP contribution in [0.25, 0.3) is 0 Å². The van der Waals surface area contributed by atoms with E-state index in [0.29, 0.717) is 11.1 Å². The molecule has 41 heavy (non-hydrogen) atoms. The highest BCUT2D eigenvalue weighted by molar-refractivity contribution is 5.97. The monoisotopic (exact) mass is 569 g/mol. The molecule has 1 saturated heterocycles. The van der Waals surface area contributed by atoms with Crippen molar-refractivity contribution in [2.45, 2.75) is 50.7 Å². The van der Waals surface area contributed by atoms with Crippen molar-refractivity contribution < 1.29 is 37.8 Å². The van der Waals surface area contributed by atoms with Crippen LogP contribution in [-0.4, -0.2) is 63.7 Å². The second kappa shape index (κ2) is 12.9. The van der Waals surface area contributed by atoms with E-state index in [-0.39, 0.29) is 36.3 Å². The van der Waals surface area contributed by atoms with Crippen LogP contribution in [0.2, 0.25) is 0 Å². The molecule has 0 aromatic heterocycles. The van der Waals surface area contributed by atoms with E-state index < -0.39 is 60.3 Å². The zero-order valence-electron chi connectivity index (χ0n) is 22.2. The standard InChI is InChI=1S/C30H30F3N3O5/c1-17-21(8-5-9-26(17)37)28(39)35-24(13-18-6-3-2-4-7-18)27(38)30(41)36-16-20(31)14-25(36)29(40)34-15-19-10-11-22(32)23(33)12-19/h2-12,20,24-25,27,37-38H,13-16H2,1H3,(H,34,40)(H,35,39)/t20-,24+,25+,27+/m1/s1. The van der Waals surface area contributed by atoms with Gasteiger partial charge in [0.15, 0.2) is 17.7 Å². The number of aliphatic hydroxyl groups excluding tert-OH is 1. The summed E-state index contributed by atoms with van der Waals surface area (Å²) < 4.78 is 41.2. The molecule has 0 unspecified atom stereocenters. The third kappa shape index (κ3) is 7.04. The van der Waals surface area contributed by atoms with Crippen molar-refractivity contribution in [2.24, 2.45) is 0 Å². The minimum Gasteiger partial charge on any atom is -0.508 e. The van der Waals surface area contributed by atoms with Gasteiger partial charge in [-0.1, -0.05) is 42.5 Å². The number of hydrogen-bond donors (Lipinski definition) is 4. The van der Waals surface area contributed by atoms with Gasteiger partial charge in [-0.05, 0) is 48.7 Å². The molecule has 1 heterocycles. The number of aliphatic hydroxyl groups is 1. The molecule has 3 aromatic carbocycles. The van der Waals surface area contributed by atoms with Gasteiger partial charge in [-0.15, -0.1) is 0 Å². The zero-order chi connectivity index (χ0) is 29.7. The second-order valence-corrected chi connectivity index (χ2v) is 9.97. The normalized spacial score (nSPS) is 18.0. The molecule has 0 bridgehead atoms. The molecule has 4 N–H and O–H groups in total. The number of hydrogen-bond acceptors (Lipinski definition) is 5. The van der Waals surface area contributed by atoms with Crippen LogP contribution >= 0.6 is 0 Å². The molecule has 1 aliphatic rings. The number of alkyl halides is 1. The molecule has 1 fully saturated rings. The molecule has 4 rings (SSSR count). The van der Waals surface area contributed by atoms with Gasteiger partial charge in [-0.25, -0.2) is 13.2 Å². The minimum absolute atomic E-state index is 0.0389. The number of phenols is 1. The summed E-state index contributed by atoms with van der Waals surface area (Å²) >= 11 is 0. The Bertz CT molecular complexity index is 1420. The third-order valence-corrected chi connectivity index (χ3v) is 7.09. The molecule has 8 nitrogen and oxygen atoms in total. The minimum atomic E-state index is -1.84. The lowest BCUT2D eigenvalue weighted by molar-refractivity contribution is -0.146. The summed E-state index contributed by atoms with van der Waals surface area (Å²) in [5.41, 5.74) is 1.41. The predicted molar refractivity (Wildman–Crippen MR) is 143 cm³/mol. The maximum Gasteiger partial charge on any atom is 0.254 e. The van der Waals surface area contributed by atoms with Crippen molar-refractivity contribution >= 4 is 17.7 Å². The molecule has 0 aliphatic carbocycles. The lowest BCUT2D eigenvalue weighted by atomic mass is 9.98. The fraction of sp³-hybridized carbons (Fsp3) is 0.300. The third-order valence-electron chi connectivity index (χ3n) is 7.09. The average Bonchev–Trinajstić information content (AvgIpc) is 3.36. The molecule has 3 amide bonds. The number of likely N-dealkylation sites (tertiary alicyclic amines) is 1. The van der Waals surface area contributed by atoms with Crippen LogP contribution in [0.1, 0.15) is 33.5 Å². The van der Waals surface area contributed by atoms with Gasteiger partial charge in [-0.2, -0.15) is 0 Å². The highest BCUT2D eigenvalue weighted by Crippen LogP contribution is 2.24. The zero-order valence-corrected chi connectivity index (χ0v) is 22.2. The van der Waals surface area contributed by atoms with Crippen molar-refractivity contribution in [3.05, 3.63) is 101 Å². The van der Waals surface area contributed by atoms with Gasteiger partial charge in [0.05, 0.1) is 12.6 Å². The molecule has 1 aliphatic heterocycles. The van der Waals surface area contributed by atoms with E-state index in [0.717, 1.165) is 17.0 Å². The van der Waals surface area contributed by atoms with Gasteiger partial charge >= 0.3 is 0 Å². The Morgan fingerprint density at radius 2 is 1.73 bits per heavy atom. The van der Waals surface area contributed by atoms with Crippen molar-refractivity contribution in [3.63, 3.8) is 0 Å². The van der Waals surface area contributed by atoms with E-state index >= 15 is 0 Å². The van der Waals surface area contributed by atoms with Gasteiger partial charge in [-0.3, -0.25) is 14.4 Å². The number of nitrogens with one attached hydrogen (secondary N) is 2. The van der Waals surface area contributed by atoms with Crippen LogP contribution in [0, 0.1) is 18.6 Å². The maximum atomic E-state index is 14.5. The van der Waals surface area contributed by atoms with Crippen molar-refractivity contribution in [2.75, 3.05) is 6.54 Å². The van der Waals surface area contributed by atoms with Gasteiger partial charge in [0, 0.05) is 24.1 Å². The van der Waals surface area contributed by atoms with Crippen LogP contribution in [0.15, 0.2) is 66.7 Å². The van der Waals surface area contributed by atoms with Crippen LogP contribution in [-0.2, 0) is 22.6 Å². The predicted octanol–water partition coefficient (Wildman–Crippen LogP) is 2.94. The molecule has 11 heteroatoms. The number of phenolic OH excluding ortho intramolecular Hbond substituents is 1. The van der Waals surface area contributed by atoms with E-state index in [9.17, 15) is 37.8 Å². The maximum absolute atomic E-state index is 14.5. The molecule has 4 atom stereocenters. The molecule has 0 spiro atoms. The van der Waals surface area contributed by atoms with E-state index in [1.165, 1.54) is 24.3 Å².